The second-order valence-corrected chi connectivity index (χ2v) is 7.29. The van der Waals surface area contributed by atoms with Gasteiger partial charge in [0, 0.05) is 23.7 Å². The van der Waals surface area contributed by atoms with Crippen LogP contribution in [-0.4, -0.2) is 42.9 Å². The van der Waals surface area contributed by atoms with Crippen LogP contribution in [0.3, 0.4) is 0 Å². The average Bonchev–Trinajstić information content (AvgIpc) is 3.13. The summed E-state index contributed by atoms with van der Waals surface area (Å²) in [7, 11) is 1.43. The van der Waals surface area contributed by atoms with Gasteiger partial charge in [0.2, 0.25) is 5.91 Å². The SMILES string of the molecule is Cc1ccc2c(CC(=O)OCC(=O)N(C)CC(=O)Nc3ccc(F)cc3)coc2c1C. The van der Waals surface area contributed by atoms with Crippen molar-refractivity contribution in [2.24, 2.45) is 0 Å². The van der Waals surface area contributed by atoms with Gasteiger partial charge in [0.05, 0.1) is 19.2 Å². The number of ether oxygens (including phenoxy) is 1. The Morgan fingerprint density at radius 1 is 1.10 bits per heavy atom. The molecule has 0 atom stereocenters. The number of hydrogen-bond acceptors (Lipinski definition) is 5. The molecule has 0 spiro atoms. The monoisotopic (exact) mass is 426 g/mol. The number of esters is 1. The van der Waals surface area contributed by atoms with Gasteiger partial charge in [-0.15, -0.1) is 0 Å². The van der Waals surface area contributed by atoms with Gasteiger partial charge in [-0.3, -0.25) is 14.4 Å². The van der Waals surface area contributed by atoms with Crippen LogP contribution in [0.4, 0.5) is 10.1 Å². The van der Waals surface area contributed by atoms with Crippen molar-refractivity contribution < 1.29 is 27.9 Å². The molecule has 7 nitrogen and oxygen atoms in total. The van der Waals surface area contributed by atoms with E-state index in [2.05, 4.69) is 5.32 Å². The normalized spacial score (nSPS) is 10.7. The van der Waals surface area contributed by atoms with Crippen molar-refractivity contribution in [3.63, 3.8) is 0 Å². The lowest BCUT2D eigenvalue weighted by Crippen LogP contribution is -2.37. The van der Waals surface area contributed by atoms with Gasteiger partial charge in [-0.2, -0.15) is 0 Å². The molecule has 162 valence electrons. The number of furan rings is 1. The molecule has 0 aliphatic rings. The Bertz CT molecular complexity index is 1120. The Hall–Kier alpha value is -3.68. The maximum atomic E-state index is 12.9. The molecule has 8 heteroatoms. The first-order chi connectivity index (χ1) is 14.7. The number of nitrogens with one attached hydrogen (secondary N) is 1. The lowest BCUT2D eigenvalue weighted by atomic mass is 10.0. The van der Waals surface area contributed by atoms with Crippen LogP contribution in [0.25, 0.3) is 11.0 Å². The topological polar surface area (TPSA) is 88.9 Å². The maximum Gasteiger partial charge on any atom is 0.310 e. The Morgan fingerprint density at radius 3 is 2.52 bits per heavy atom. The smallest absolute Gasteiger partial charge is 0.310 e. The molecule has 1 aromatic heterocycles. The molecule has 2 aromatic carbocycles. The predicted molar refractivity (Wildman–Crippen MR) is 113 cm³/mol. The van der Waals surface area contributed by atoms with Gasteiger partial charge in [0.1, 0.15) is 11.4 Å². The average molecular weight is 426 g/mol. The van der Waals surface area contributed by atoms with E-state index in [4.69, 9.17) is 9.15 Å². The van der Waals surface area contributed by atoms with Gasteiger partial charge in [-0.25, -0.2) is 4.39 Å². The lowest BCUT2D eigenvalue weighted by molar-refractivity contribution is -0.151. The zero-order valence-electron chi connectivity index (χ0n) is 17.5. The van der Waals surface area contributed by atoms with E-state index >= 15 is 0 Å². The van der Waals surface area contributed by atoms with E-state index < -0.39 is 30.2 Å². The summed E-state index contributed by atoms with van der Waals surface area (Å²) in [4.78, 5) is 37.5. The molecule has 0 fully saturated rings. The van der Waals surface area contributed by atoms with E-state index in [-0.39, 0.29) is 13.0 Å². The van der Waals surface area contributed by atoms with Crippen LogP contribution < -0.4 is 5.32 Å². The third-order valence-corrected chi connectivity index (χ3v) is 4.97. The third-order valence-electron chi connectivity index (χ3n) is 4.97. The fourth-order valence-corrected chi connectivity index (χ4v) is 3.02. The van der Waals surface area contributed by atoms with E-state index in [1.807, 2.05) is 26.0 Å². The molecule has 2 amide bonds. The number of amides is 2. The van der Waals surface area contributed by atoms with E-state index in [1.54, 1.807) is 0 Å². The summed E-state index contributed by atoms with van der Waals surface area (Å²) in [5.74, 6) is -1.96. The van der Waals surface area contributed by atoms with E-state index in [9.17, 15) is 18.8 Å². The number of benzene rings is 2. The van der Waals surface area contributed by atoms with Crippen LogP contribution in [-0.2, 0) is 25.5 Å². The highest BCUT2D eigenvalue weighted by Crippen LogP contribution is 2.26. The lowest BCUT2D eigenvalue weighted by Gasteiger charge is -2.16. The molecule has 0 aliphatic heterocycles. The molecule has 0 saturated heterocycles. The molecule has 3 rings (SSSR count). The number of anilines is 1. The van der Waals surface area contributed by atoms with Crippen molar-refractivity contribution >= 4 is 34.4 Å². The molecule has 1 N–H and O–H groups in total. The largest absolute Gasteiger partial charge is 0.464 e. The molecular formula is C23H23FN2O5. The summed E-state index contributed by atoms with van der Waals surface area (Å²) in [5, 5.41) is 3.39. The number of likely N-dealkylation sites (N-methyl/N-ethyl adjacent to an activating group) is 1. The molecule has 31 heavy (non-hydrogen) atoms. The predicted octanol–water partition coefficient (Wildman–Crippen LogP) is 3.37. The Balaban J connectivity index is 1.48. The van der Waals surface area contributed by atoms with Crippen molar-refractivity contribution in [3.05, 3.63) is 65.2 Å². The highest BCUT2D eigenvalue weighted by atomic mass is 19.1. The van der Waals surface area contributed by atoms with Crippen molar-refractivity contribution in [2.75, 3.05) is 25.5 Å². The maximum absolute atomic E-state index is 12.9. The number of carbonyl (C=O) groups is 3. The number of nitrogens with zero attached hydrogens (tertiary/aromatic N) is 1. The van der Waals surface area contributed by atoms with Crippen LogP contribution in [0.1, 0.15) is 16.7 Å². The van der Waals surface area contributed by atoms with Crippen molar-refractivity contribution in [1.82, 2.24) is 4.90 Å². The minimum atomic E-state index is -0.571. The summed E-state index contributed by atoms with van der Waals surface area (Å²) in [5.41, 5.74) is 3.92. The highest BCUT2D eigenvalue weighted by Gasteiger charge is 2.17. The zero-order valence-corrected chi connectivity index (χ0v) is 17.5. The van der Waals surface area contributed by atoms with Crippen molar-refractivity contribution in [3.8, 4) is 0 Å². The fourth-order valence-electron chi connectivity index (χ4n) is 3.02. The number of halogens is 1. The number of rotatable bonds is 7. The standard InChI is InChI=1S/C23H23FN2O5/c1-14-4-9-19-16(12-31-23(19)15(14)2)10-22(29)30-13-21(28)26(3)11-20(27)25-18-7-5-17(24)6-8-18/h4-9,12H,10-11,13H2,1-3H3,(H,25,27). The number of carbonyl (C=O) groups excluding carboxylic acids is 3. The minimum Gasteiger partial charge on any atom is -0.464 e. The highest BCUT2D eigenvalue weighted by molar-refractivity contribution is 5.95. The molecule has 0 saturated carbocycles. The van der Waals surface area contributed by atoms with Crippen molar-refractivity contribution in [1.29, 1.82) is 0 Å². The number of aryl methyl sites for hydroxylation is 2. The van der Waals surface area contributed by atoms with Gasteiger partial charge in [-0.05, 0) is 49.2 Å². The summed E-state index contributed by atoms with van der Waals surface area (Å²) < 4.78 is 23.6. The molecule has 0 bridgehead atoms. The van der Waals surface area contributed by atoms with Crippen molar-refractivity contribution in [2.45, 2.75) is 20.3 Å². The van der Waals surface area contributed by atoms with Gasteiger partial charge < -0.3 is 19.4 Å². The first-order valence-electron chi connectivity index (χ1n) is 9.66. The summed E-state index contributed by atoms with van der Waals surface area (Å²) in [6, 6.07) is 9.11. The number of fused-ring (bicyclic) bond motifs is 1. The van der Waals surface area contributed by atoms with Gasteiger partial charge in [-0.1, -0.05) is 12.1 Å². The number of hydrogen-bond donors (Lipinski definition) is 1. The molecular weight excluding hydrogens is 403 g/mol. The van der Waals surface area contributed by atoms with Gasteiger partial charge >= 0.3 is 5.97 Å². The summed E-state index contributed by atoms with van der Waals surface area (Å²) >= 11 is 0. The van der Waals surface area contributed by atoms with E-state index in [0.29, 0.717) is 11.3 Å². The first-order valence-corrected chi connectivity index (χ1v) is 9.66. The minimum absolute atomic E-state index is 0.0302. The first kappa shape index (κ1) is 22.0. The fraction of sp³-hybridized carbons (Fsp3) is 0.261. The van der Waals surface area contributed by atoms with Crippen LogP contribution in [0.5, 0.6) is 0 Å². The molecule has 0 radical (unpaired) electrons. The van der Waals surface area contributed by atoms with E-state index in [1.165, 1.54) is 37.6 Å². The second-order valence-electron chi connectivity index (χ2n) is 7.29. The Kier molecular flexibility index (Phi) is 6.69. The Labute approximate surface area is 178 Å². The summed E-state index contributed by atoms with van der Waals surface area (Å²) in [6.07, 6.45) is 1.49. The molecule has 1 heterocycles. The molecule has 3 aromatic rings. The second kappa shape index (κ2) is 9.42. The van der Waals surface area contributed by atoms with Crippen LogP contribution in [0.2, 0.25) is 0 Å². The third kappa shape index (κ3) is 5.48. The van der Waals surface area contributed by atoms with Gasteiger partial charge in [0.25, 0.3) is 5.91 Å². The molecule has 0 aliphatic carbocycles. The van der Waals surface area contributed by atoms with E-state index in [0.717, 1.165) is 27.0 Å². The van der Waals surface area contributed by atoms with Gasteiger partial charge in [0.15, 0.2) is 6.61 Å². The van der Waals surface area contributed by atoms with Crippen LogP contribution >= 0.6 is 0 Å². The van der Waals surface area contributed by atoms with Crippen LogP contribution in [0.15, 0.2) is 47.1 Å². The molecule has 0 unspecified atom stereocenters. The zero-order chi connectivity index (χ0) is 22.5. The van der Waals surface area contributed by atoms with Crippen LogP contribution in [0, 0.1) is 19.7 Å². The summed E-state index contributed by atoms with van der Waals surface area (Å²) in [6.45, 7) is 3.21. The quantitative estimate of drug-likeness (QED) is 0.585. The Morgan fingerprint density at radius 2 is 1.81 bits per heavy atom.